The maximum Gasteiger partial charge on any atom is 0.410 e. The van der Waals surface area contributed by atoms with Crippen molar-refractivity contribution in [2.45, 2.75) is 58.3 Å². The smallest absolute Gasteiger partial charge is 0.410 e. The Kier molecular flexibility index (Phi) is 9.41. The van der Waals surface area contributed by atoms with Gasteiger partial charge in [-0.3, -0.25) is 4.72 Å². The zero-order chi connectivity index (χ0) is 27.9. The van der Waals surface area contributed by atoms with Crippen molar-refractivity contribution >= 4 is 27.9 Å². The number of nitrogens with one attached hydrogen (secondary N) is 1. The van der Waals surface area contributed by atoms with Crippen LogP contribution in [0.1, 0.15) is 50.8 Å². The number of nitriles is 1. The van der Waals surface area contributed by atoms with E-state index in [1.807, 2.05) is 26.8 Å². The first-order valence-electron chi connectivity index (χ1n) is 12.5. The summed E-state index contributed by atoms with van der Waals surface area (Å²) in [6.07, 6.45) is 2.52. The first-order chi connectivity index (χ1) is 17.9. The highest BCUT2D eigenvalue weighted by atomic mass is 32.2. The summed E-state index contributed by atoms with van der Waals surface area (Å²) in [7, 11) is -3.54. The number of likely N-dealkylation sites (tertiary alicyclic amines) is 1. The van der Waals surface area contributed by atoms with Gasteiger partial charge in [-0.25, -0.2) is 13.2 Å². The lowest BCUT2D eigenvalue weighted by molar-refractivity contribution is 0.0275. The van der Waals surface area contributed by atoms with Crippen LogP contribution in [0.15, 0.2) is 48.5 Å². The molecular weight excluding hydrogens is 506 g/mol. The molecular formula is C28H35N3O6S. The summed E-state index contributed by atoms with van der Waals surface area (Å²) in [5.41, 5.74) is 1.62. The van der Waals surface area contributed by atoms with Crippen molar-refractivity contribution < 1.29 is 27.8 Å². The number of carbonyl (C=O) groups excluding carboxylic acids is 1. The van der Waals surface area contributed by atoms with Crippen molar-refractivity contribution in [2.75, 3.05) is 23.6 Å². The third kappa shape index (κ3) is 8.78. The normalized spacial score (nSPS) is 16.7. The number of hydrogen-bond acceptors (Lipinski definition) is 7. The third-order valence-corrected chi connectivity index (χ3v) is 7.07. The fourth-order valence-electron chi connectivity index (χ4n) is 3.89. The number of carbonyl (C=O) groups is 1. The van der Waals surface area contributed by atoms with Crippen LogP contribution >= 0.6 is 0 Å². The van der Waals surface area contributed by atoms with Gasteiger partial charge in [0.05, 0.1) is 35.7 Å². The van der Waals surface area contributed by atoms with Gasteiger partial charge in [0.1, 0.15) is 17.5 Å². The van der Waals surface area contributed by atoms with Crippen LogP contribution in [0.5, 0.6) is 5.75 Å². The minimum atomic E-state index is -3.54. The second-order valence-electron chi connectivity index (χ2n) is 10.1. The molecule has 2 atom stereocenters. The van der Waals surface area contributed by atoms with Crippen LogP contribution in [0.4, 0.5) is 10.5 Å². The number of aliphatic hydroxyl groups excluding tert-OH is 1. The zero-order valence-electron chi connectivity index (χ0n) is 22.2. The Morgan fingerprint density at radius 2 is 2.05 bits per heavy atom. The van der Waals surface area contributed by atoms with Gasteiger partial charge in [-0.15, -0.1) is 0 Å². The molecule has 2 N–H and O–H groups in total. The van der Waals surface area contributed by atoms with Crippen molar-refractivity contribution in [3.8, 4) is 11.8 Å². The van der Waals surface area contributed by atoms with Crippen LogP contribution < -0.4 is 9.46 Å². The van der Waals surface area contributed by atoms with Crippen molar-refractivity contribution in [1.82, 2.24) is 4.90 Å². The molecule has 3 rings (SSSR count). The predicted octanol–water partition coefficient (Wildman–Crippen LogP) is 4.32. The van der Waals surface area contributed by atoms with E-state index in [2.05, 4.69) is 10.8 Å². The van der Waals surface area contributed by atoms with E-state index in [0.29, 0.717) is 42.1 Å². The summed E-state index contributed by atoms with van der Waals surface area (Å²) >= 11 is 0. The minimum absolute atomic E-state index is 0.0923. The van der Waals surface area contributed by atoms with Crippen LogP contribution in [-0.4, -0.2) is 61.2 Å². The van der Waals surface area contributed by atoms with Gasteiger partial charge in [0.25, 0.3) is 0 Å². The first kappa shape index (κ1) is 29.0. The Bertz CT molecular complexity index is 1310. The molecule has 0 aliphatic carbocycles. The fourth-order valence-corrected chi connectivity index (χ4v) is 4.57. The van der Waals surface area contributed by atoms with Gasteiger partial charge >= 0.3 is 6.09 Å². The maximum absolute atomic E-state index is 12.4. The maximum atomic E-state index is 12.4. The number of sulfonamides is 1. The molecule has 0 spiro atoms. The molecule has 38 heavy (non-hydrogen) atoms. The van der Waals surface area contributed by atoms with E-state index in [1.54, 1.807) is 60.4 Å². The molecule has 1 aliphatic heterocycles. The summed E-state index contributed by atoms with van der Waals surface area (Å²) in [4.78, 5) is 14.0. The Labute approximate surface area is 224 Å². The Morgan fingerprint density at radius 3 is 2.74 bits per heavy atom. The van der Waals surface area contributed by atoms with E-state index in [4.69, 9.17) is 14.7 Å². The number of aliphatic hydroxyl groups is 1. The minimum Gasteiger partial charge on any atom is -0.489 e. The summed E-state index contributed by atoms with van der Waals surface area (Å²) < 4.78 is 38.6. The molecule has 2 aromatic rings. The molecule has 1 heterocycles. The van der Waals surface area contributed by atoms with Gasteiger partial charge < -0.3 is 19.5 Å². The highest BCUT2D eigenvalue weighted by Crippen LogP contribution is 2.27. The Hall–Kier alpha value is -3.55. The van der Waals surface area contributed by atoms with E-state index >= 15 is 0 Å². The third-order valence-electron chi connectivity index (χ3n) is 5.78. The fraction of sp³-hybridized carbons (Fsp3) is 0.429. The molecule has 1 fully saturated rings. The molecule has 1 amide bonds. The number of amides is 1. The lowest BCUT2D eigenvalue weighted by Crippen LogP contribution is -2.36. The molecule has 2 unspecified atom stereocenters. The molecule has 0 saturated carbocycles. The van der Waals surface area contributed by atoms with Crippen LogP contribution in [0.25, 0.3) is 6.08 Å². The lowest BCUT2D eigenvalue weighted by Gasteiger charge is -2.24. The molecule has 0 aromatic heterocycles. The molecule has 0 bridgehead atoms. The number of benzene rings is 2. The lowest BCUT2D eigenvalue weighted by atomic mass is 10.0. The van der Waals surface area contributed by atoms with E-state index in [9.17, 15) is 18.3 Å². The van der Waals surface area contributed by atoms with Crippen LogP contribution in [-0.2, 0) is 21.2 Å². The van der Waals surface area contributed by atoms with E-state index < -0.39 is 21.7 Å². The second-order valence-corrected chi connectivity index (χ2v) is 12.2. The van der Waals surface area contributed by atoms with Crippen LogP contribution in [0, 0.1) is 11.3 Å². The van der Waals surface area contributed by atoms with Gasteiger partial charge in [-0.2, -0.15) is 5.26 Å². The number of rotatable bonds is 9. The van der Waals surface area contributed by atoms with Crippen LogP contribution in [0.3, 0.4) is 0 Å². The standard InChI is InChI=1S/C28H35N3O6S/c1-5-38(34,35)30-26-12-11-24(36-25-13-14-31(19-25)27(33)37-28(2,3)4)17-22(26)16-23(32)10-9-20-7-6-8-21(15-20)18-29/h6-12,15,17,23,25,30,32H,5,13-14,16,19H2,1-4H3/b10-9+. The summed E-state index contributed by atoms with van der Waals surface area (Å²) in [5, 5.41) is 19.8. The van der Waals surface area contributed by atoms with Crippen molar-refractivity contribution in [3.05, 3.63) is 65.2 Å². The first-order valence-corrected chi connectivity index (χ1v) is 14.2. The number of ether oxygens (including phenoxy) is 2. The van der Waals surface area contributed by atoms with E-state index in [1.165, 1.54) is 0 Å². The number of hydrogen-bond donors (Lipinski definition) is 2. The summed E-state index contributed by atoms with van der Waals surface area (Å²) in [6.45, 7) is 7.88. The summed E-state index contributed by atoms with van der Waals surface area (Å²) in [6, 6.07) is 14.1. The SMILES string of the molecule is CCS(=O)(=O)Nc1ccc(OC2CCN(C(=O)OC(C)(C)C)C2)cc1CC(O)/C=C/c1cccc(C#N)c1. The Morgan fingerprint density at radius 1 is 1.29 bits per heavy atom. The van der Waals surface area contributed by atoms with Crippen LogP contribution in [0.2, 0.25) is 0 Å². The highest BCUT2D eigenvalue weighted by molar-refractivity contribution is 7.92. The molecule has 2 aromatic carbocycles. The van der Waals surface area contributed by atoms with Gasteiger partial charge in [-0.05, 0) is 69.2 Å². The van der Waals surface area contributed by atoms with Gasteiger partial charge in [0.15, 0.2) is 0 Å². The second kappa shape index (κ2) is 12.3. The van der Waals surface area contributed by atoms with Gasteiger partial charge in [0, 0.05) is 19.4 Å². The summed E-state index contributed by atoms with van der Waals surface area (Å²) in [5.74, 6) is 0.415. The molecule has 204 valence electrons. The van der Waals surface area contributed by atoms with E-state index in [-0.39, 0.29) is 24.4 Å². The molecule has 1 saturated heterocycles. The molecule has 10 heteroatoms. The zero-order valence-corrected chi connectivity index (χ0v) is 23.0. The Balaban J connectivity index is 1.74. The monoisotopic (exact) mass is 541 g/mol. The van der Waals surface area contributed by atoms with Crippen molar-refractivity contribution in [3.63, 3.8) is 0 Å². The average Bonchev–Trinajstić information content (AvgIpc) is 3.32. The number of nitrogens with zero attached hydrogens (tertiary/aromatic N) is 2. The molecule has 1 aliphatic rings. The van der Waals surface area contributed by atoms with Crippen molar-refractivity contribution in [1.29, 1.82) is 5.26 Å². The average molecular weight is 542 g/mol. The van der Waals surface area contributed by atoms with Gasteiger partial charge in [0.2, 0.25) is 10.0 Å². The predicted molar refractivity (Wildman–Crippen MR) is 146 cm³/mol. The topological polar surface area (TPSA) is 129 Å². The largest absolute Gasteiger partial charge is 0.489 e. The quantitative estimate of drug-likeness (QED) is 0.484. The van der Waals surface area contributed by atoms with Crippen molar-refractivity contribution in [2.24, 2.45) is 0 Å². The number of anilines is 1. The molecule has 9 nitrogen and oxygen atoms in total. The van der Waals surface area contributed by atoms with Gasteiger partial charge in [-0.1, -0.05) is 24.3 Å². The van der Waals surface area contributed by atoms with E-state index in [0.717, 1.165) is 5.56 Å². The molecule has 0 radical (unpaired) electrons. The highest BCUT2D eigenvalue weighted by Gasteiger charge is 2.31.